The Balaban J connectivity index is 1.75. The summed E-state index contributed by atoms with van der Waals surface area (Å²) in [5, 5.41) is 0. The molecule has 1 aliphatic rings. The highest BCUT2D eigenvalue weighted by molar-refractivity contribution is 7.89. The molecule has 0 saturated carbocycles. The summed E-state index contributed by atoms with van der Waals surface area (Å²) in [5.74, 6) is -2.03. The van der Waals surface area contributed by atoms with E-state index in [1.807, 2.05) is 0 Å². The van der Waals surface area contributed by atoms with Gasteiger partial charge >= 0.3 is 6.01 Å². The first-order valence-corrected chi connectivity index (χ1v) is 9.33. The molecule has 0 aliphatic carbocycles. The number of halogens is 2. The van der Waals surface area contributed by atoms with Crippen LogP contribution in [0.2, 0.25) is 0 Å². The normalized spacial score (nSPS) is 18.5. The van der Waals surface area contributed by atoms with E-state index in [0.29, 0.717) is 18.9 Å². The van der Waals surface area contributed by atoms with E-state index in [1.165, 1.54) is 17.6 Å². The molecule has 1 unspecified atom stereocenters. The van der Waals surface area contributed by atoms with Gasteiger partial charge in [0, 0.05) is 18.8 Å². The van der Waals surface area contributed by atoms with Crippen molar-refractivity contribution in [3.8, 4) is 11.9 Å². The van der Waals surface area contributed by atoms with Crippen molar-refractivity contribution in [2.24, 2.45) is 0 Å². The first kappa shape index (κ1) is 18.5. The van der Waals surface area contributed by atoms with Crippen molar-refractivity contribution >= 4 is 10.0 Å². The largest absolute Gasteiger partial charge is 0.473 e. The molecule has 140 valence electrons. The van der Waals surface area contributed by atoms with Crippen molar-refractivity contribution < 1.29 is 26.7 Å². The van der Waals surface area contributed by atoms with Crippen molar-refractivity contribution in [1.82, 2.24) is 14.3 Å². The fraction of sp³-hybridized carbons (Fsp3) is 0.375. The molecule has 0 amide bonds. The number of hydrogen-bond donors (Lipinski definition) is 0. The summed E-state index contributed by atoms with van der Waals surface area (Å²) in [4.78, 5) is 7.62. The molecule has 0 radical (unpaired) electrons. The number of benzene rings is 1. The standard InChI is InChI=1S/C16H17F2N3O4S/c1-24-16-19-7-6-15(20-16)25-11-3-2-8-21(10-11)26(22,23)12-4-5-13(17)14(18)9-12/h4-7,9,11H,2-3,8,10H2,1H3. The van der Waals surface area contributed by atoms with Gasteiger partial charge in [0.05, 0.1) is 18.6 Å². The first-order chi connectivity index (χ1) is 12.4. The summed E-state index contributed by atoms with van der Waals surface area (Å²) in [6.07, 6.45) is 2.24. The lowest BCUT2D eigenvalue weighted by molar-refractivity contribution is 0.123. The van der Waals surface area contributed by atoms with Crippen LogP contribution in [0.1, 0.15) is 12.8 Å². The van der Waals surface area contributed by atoms with E-state index in [1.54, 1.807) is 6.07 Å². The number of sulfonamides is 1. The van der Waals surface area contributed by atoms with Crippen LogP contribution in [0.5, 0.6) is 11.9 Å². The quantitative estimate of drug-likeness (QED) is 0.783. The summed E-state index contributed by atoms with van der Waals surface area (Å²) >= 11 is 0. The summed E-state index contributed by atoms with van der Waals surface area (Å²) in [6, 6.07) is 4.22. The maximum absolute atomic E-state index is 13.4. The van der Waals surface area contributed by atoms with E-state index in [4.69, 9.17) is 9.47 Å². The maximum Gasteiger partial charge on any atom is 0.319 e. The minimum absolute atomic E-state index is 0.0770. The molecule has 26 heavy (non-hydrogen) atoms. The van der Waals surface area contributed by atoms with Crippen molar-refractivity contribution in [3.63, 3.8) is 0 Å². The number of ether oxygens (including phenoxy) is 2. The fourth-order valence-electron chi connectivity index (χ4n) is 2.67. The third-order valence-electron chi connectivity index (χ3n) is 3.95. The van der Waals surface area contributed by atoms with E-state index in [2.05, 4.69) is 9.97 Å². The molecule has 1 fully saturated rings. The SMILES string of the molecule is COc1nccc(OC2CCCN(S(=O)(=O)c3ccc(F)c(F)c3)C2)n1. The van der Waals surface area contributed by atoms with Crippen LogP contribution in [-0.4, -0.2) is 49.0 Å². The number of hydrogen-bond acceptors (Lipinski definition) is 6. The second kappa shape index (κ2) is 7.50. The number of piperidine rings is 1. The average molecular weight is 385 g/mol. The molecule has 2 aromatic rings. The van der Waals surface area contributed by atoms with Crippen LogP contribution >= 0.6 is 0 Å². The van der Waals surface area contributed by atoms with Crippen molar-refractivity contribution in [1.29, 1.82) is 0 Å². The number of methoxy groups -OCH3 is 1. The maximum atomic E-state index is 13.4. The Morgan fingerprint density at radius 1 is 1.23 bits per heavy atom. The summed E-state index contributed by atoms with van der Waals surface area (Å²) in [6.45, 7) is 0.349. The average Bonchev–Trinajstić information content (AvgIpc) is 2.64. The van der Waals surface area contributed by atoms with E-state index in [0.717, 1.165) is 12.1 Å². The lowest BCUT2D eigenvalue weighted by atomic mass is 10.1. The van der Waals surface area contributed by atoms with E-state index in [9.17, 15) is 17.2 Å². The third kappa shape index (κ3) is 3.91. The lowest BCUT2D eigenvalue weighted by Crippen LogP contribution is -2.44. The van der Waals surface area contributed by atoms with Gasteiger partial charge in [-0.25, -0.2) is 22.2 Å². The van der Waals surface area contributed by atoms with Gasteiger partial charge in [-0.3, -0.25) is 0 Å². The predicted molar refractivity (Wildman–Crippen MR) is 87.4 cm³/mol. The Bertz CT molecular complexity index is 895. The Morgan fingerprint density at radius 2 is 2.04 bits per heavy atom. The molecule has 3 rings (SSSR count). The predicted octanol–water partition coefficient (Wildman–Crippen LogP) is 2.00. The Labute approximate surface area is 149 Å². The van der Waals surface area contributed by atoms with Crippen molar-refractivity contribution in [2.45, 2.75) is 23.8 Å². The molecule has 1 aliphatic heterocycles. The topological polar surface area (TPSA) is 81.6 Å². The van der Waals surface area contributed by atoms with Crippen LogP contribution in [0, 0.1) is 11.6 Å². The second-order valence-corrected chi connectivity index (χ2v) is 7.64. The van der Waals surface area contributed by atoms with Crippen LogP contribution < -0.4 is 9.47 Å². The number of nitrogens with zero attached hydrogens (tertiary/aromatic N) is 3. The fourth-order valence-corrected chi connectivity index (χ4v) is 4.19. The minimum Gasteiger partial charge on any atom is -0.473 e. The molecule has 7 nitrogen and oxygen atoms in total. The van der Waals surface area contributed by atoms with Crippen molar-refractivity contribution in [2.75, 3.05) is 20.2 Å². The zero-order valence-electron chi connectivity index (χ0n) is 13.9. The van der Waals surface area contributed by atoms with E-state index < -0.39 is 27.8 Å². The molecule has 0 spiro atoms. The van der Waals surface area contributed by atoms with Gasteiger partial charge in [-0.05, 0) is 31.0 Å². The lowest BCUT2D eigenvalue weighted by Gasteiger charge is -2.31. The zero-order valence-corrected chi connectivity index (χ0v) is 14.7. The van der Waals surface area contributed by atoms with Crippen LogP contribution in [0.15, 0.2) is 35.4 Å². The number of aromatic nitrogens is 2. The monoisotopic (exact) mass is 385 g/mol. The van der Waals surface area contributed by atoms with Gasteiger partial charge in [0.1, 0.15) is 6.10 Å². The molecule has 1 saturated heterocycles. The molecule has 1 atom stereocenters. The highest BCUT2D eigenvalue weighted by Crippen LogP contribution is 2.24. The van der Waals surface area contributed by atoms with Crippen LogP contribution in [0.4, 0.5) is 8.78 Å². The minimum atomic E-state index is -3.95. The van der Waals surface area contributed by atoms with Gasteiger partial charge in [-0.2, -0.15) is 9.29 Å². The van der Waals surface area contributed by atoms with Gasteiger partial charge in [0.25, 0.3) is 0 Å². The van der Waals surface area contributed by atoms with Gasteiger partial charge in [-0.1, -0.05) is 0 Å². The summed E-state index contributed by atoms with van der Waals surface area (Å²) < 4.78 is 63.7. The highest BCUT2D eigenvalue weighted by atomic mass is 32.2. The molecule has 0 N–H and O–H groups in total. The van der Waals surface area contributed by atoms with Crippen LogP contribution in [-0.2, 0) is 10.0 Å². The molecule has 10 heteroatoms. The van der Waals surface area contributed by atoms with E-state index >= 15 is 0 Å². The summed E-state index contributed by atoms with van der Waals surface area (Å²) in [5.41, 5.74) is 0. The van der Waals surface area contributed by atoms with Gasteiger partial charge in [-0.15, -0.1) is 0 Å². The number of rotatable bonds is 5. The van der Waals surface area contributed by atoms with Crippen LogP contribution in [0.25, 0.3) is 0 Å². The van der Waals surface area contributed by atoms with Crippen molar-refractivity contribution in [3.05, 3.63) is 42.1 Å². The molecule has 2 heterocycles. The summed E-state index contributed by atoms with van der Waals surface area (Å²) in [7, 11) is -2.52. The van der Waals surface area contributed by atoms with Gasteiger partial charge < -0.3 is 9.47 Å². The Hall–Kier alpha value is -2.33. The molecular formula is C16H17F2N3O4S. The van der Waals surface area contributed by atoms with E-state index in [-0.39, 0.29) is 29.9 Å². The molecule has 1 aromatic heterocycles. The zero-order chi connectivity index (χ0) is 18.7. The Morgan fingerprint density at radius 3 is 2.77 bits per heavy atom. The second-order valence-electron chi connectivity index (χ2n) is 5.70. The Kier molecular flexibility index (Phi) is 5.33. The first-order valence-electron chi connectivity index (χ1n) is 7.89. The third-order valence-corrected chi connectivity index (χ3v) is 5.81. The molecule has 0 bridgehead atoms. The smallest absolute Gasteiger partial charge is 0.319 e. The molecule has 1 aromatic carbocycles. The van der Waals surface area contributed by atoms with Gasteiger partial charge in [0.15, 0.2) is 11.6 Å². The van der Waals surface area contributed by atoms with Gasteiger partial charge in [0.2, 0.25) is 15.9 Å². The van der Waals surface area contributed by atoms with Crippen LogP contribution in [0.3, 0.4) is 0 Å². The highest BCUT2D eigenvalue weighted by Gasteiger charge is 2.32. The molecular weight excluding hydrogens is 368 g/mol.